The molecule has 1 heterocycles. The lowest BCUT2D eigenvalue weighted by Crippen LogP contribution is -2.30. The average molecular weight is 295 g/mol. The minimum absolute atomic E-state index is 0.159. The van der Waals surface area contributed by atoms with Gasteiger partial charge in [-0.05, 0) is 55.8 Å². The molecule has 0 aromatic heterocycles. The number of nitrogens with one attached hydrogen (secondary N) is 1. The molecule has 0 bridgehead atoms. The molecule has 2 rings (SSSR count). The molecule has 0 amide bonds. The Labute approximate surface area is 122 Å². The van der Waals surface area contributed by atoms with Gasteiger partial charge in [0.05, 0.1) is 11.5 Å². The van der Waals surface area contributed by atoms with Gasteiger partial charge in [-0.1, -0.05) is 25.1 Å². The zero-order valence-corrected chi connectivity index (χ0v) is 13.5. The van der Waals surface area contributed by atoms with Crippen LogP contribution in [0.4, 0.5) is 0 Å². The van der Waals surface area contributed by atoms with E-state index in [9.17, 15) is 8.42 Å². The number of hydrogen-bond acceptors (Lipinski definition) is 3. The predicted octanol–water partition coefficient (Wildman–Crippen LogP) is 2.78. The van der Waals surface area contributed by atoms with Crippen molar-refractivity contribution in [1.29, 1.82) is 0 Å². The molecule has 0 aliphatic carbocycles. The summed E-state index contributed by atoms with van der Waals surface area (Å²) in [7, 11) is -2.83. The van der Waals surface area contributed by atoms with Gasteiger partial charge >= 0.3 is 0 Å². The minimum atomic E-state index is -2.83. The van der Waals surface area contributed by atoms with Gasteiger partial charge in [-0.15, -0.1) is 0 Å². The van der Waals surface area contributed by atoms with Crippen LogP contribution in [0, 0.1) is 19.8 Å². The van der Waals surface area contributed by atoms with Crippen LogP contribution in [-0.2, 0) is 9.84 Å². The summed E-state index contributed by atoms with van der Waals surface area (Å²) in [6.07, 6.45) is 1.83. The first-order valence-electron chi connectivity index (χ1n) is 7.44. The van der Waals surface area contributed by atoms with Gasteiger partial charge < -0.3 is 5.32 Å². The summed E-state index contributed by atoms with van der Waals surface area (Å²) in [5.41, 5.74) is 3.78. The standard InChI is InChI=1S/C16H25NO2S/c1-4-8-17-16(15-7-9-20(18,19)11-15)14-6-5-12(2)13(3)10-14/h5-6,10,15-17H,4,7-9,11H2,1-3H3. The second-order valence-corrected chi connectivity index (χ2v) is 8.17. The van der Waals surface area contributed by atoms with Crippen molar-refractivity contribution in [2.75, 3.05) is 18.1 Å². The Morgan fingerprint density at radius 2 is 2.05 bits per heavy atom. The average Bonchev–Trinajstić information content (AvgIpc) is 2.74. The Morgan fingerprint density at radius 3 is 2.60 bits per heavy atom. The van der Waals surface area contributed by atoms with Gasteiger partial charge in [0, 0.05) is 6.04 Å². The van der Waals surface area contributed by atoms with E-state index in [0.29, 0.717) is 11.5 Å². The zero-order valence-electron chi connectivity index (χ0n) is 12.6. The maximum atomic E-state index is 11.7. The van der Waals surface area contributed by atoms with E-state index in [1.165, 1.54) is 16.7 Å². The van der Waals surface area contributed by atoms with E-state index in [4.69, 9.17) is 0 Å². The topological polar surface area (TPSA) is 46.2 Å². The molecule has 3 nitrogen and oxygen atoms in total. The molecule has 0 spiro atoms. The maximum Gasteiger partial charge on any atom is 0.150 e. The van der Waals surface area contributed by atoms with Crippen molar-refractivity contribution in [3.63, 3.8) is 0 Å². The van der Waals surface area contributed by atoms with Crippen LogP contribution >= 0.6 is 0 Å². The molecule has 1 aliphatic heterocycles. The summed E-state index contributed by atoms with van der Waals surface area (Å²) in [5.74, 6) is 0.863. The van der Waals surface area contributed by atoms with Crippen molar-refractivity contribution in [2.45, 2.75) is 39.7 Å². The lowest BCUT2D eigenvalue weighted by Gasteiger charge is -2.25. The summed E-state index contributed by atoms with van der Waals surface area (Å²) < 4.78 is 23.5. The Kier molecular flexibility index (Phi) is 4.86. The van der Waals surface area contributed by atoms with Crippen LogP contribution in [0.5, 0.6) is 0 Å². The highest BCUT2D eigenvalue weighted by atomic mass is 32.2. The molecule has 0 radical (unpaired) electrons. The summed E-state index contributed by atoms with van der Waals surface area (Å²) >= 11 is 0. The fourth-order valence-electron chi connectivity index (χ4n) is 2.90. The van der Waals surface area contributed by atoms with Gasteiger partial charge in [-0.2, -0.15) is 0 Å². The molecule has 0 saturated carbocycles. The minimum Gasteiger partial charge on any atom is -0.310 e. The lowest BCUT2D eigenvalue weighted by molar-refractivity contribution is 0.392. The molecule has 112 valence electrons. The van der Waals surface area contributed by atoms with Crippen LogP contribution in [0.25, 0.3) is 0 Å². The van der Waals surface area contributed by atoms with Crippen LogP contribution in [0.15, 0.2) is 18.2 Å². The molecule has 1 fully saturated rings. The van der Waals surface area contributed by atoms with Crippen molar-refractivity contribution in [3.05, 3.63) is 34.9 Å². The fraction of sp³-hybridized carbons (Fsp3) is 0.625. The summed E-state index contributed by atoms with van der Waals surface area (Å²) in [4.78, 5) is 0. The van der Waals surface area contributed by atoms with E-state index < -0.39 is 9.84 Å². The Bertz CT molecular complexity index is 566. The summed E-state index contributed by atoms with van der Waals surface area (Å²) in [5, 5.41) is 3.55. The predicted molar refractivity (Wildman–Crippen MR) is 83.7 cm³/mol. The fourth-order valence-corrected chi connectivity index (χ4v) is 4.74. The molecule has 1 aromatic carbocycles. The molecular formula is C16H25NO2S. The first-order valence-corrected chi connectivity index (χ1v) is 9.26. The number of benzene rings is 1. The third-order valence-electron chi connectivity index (χ3n) is 4.24. The Balaban J connectivity index is 2.25. The molecule has 1 N–H and O–H groups in total. The van der Waals surface area contributed by atoms with Crippen molar-refractivity contribution in [3.8, 4) is 0 Å². The highest BCUT2D eigenvalue weighted by Crippen LogP contribution is 2.32. The smallest absolute Gasteiger partial charge is 0.150 e. The molecule has 1 aliphatic rings. The number of rotatable bonds is 5. The molecule has 2 atom stereocenters. The maximum absolute atomic E-state index is 11.7. The van der Waals surface area contributed by atoms with E-state index in [-0.39, 0.29) is 12.0 Å². The van der Waals surface area contributed by atoms with Gasteiger partial charge in [0.1, 0.15) is 0 Å². The number of hydrogen-bond donors (Lipinski definition) is 1. The molecule has 4 heteroatoms. The Hall–Kier alpha value is -0.870. The second kappa shape index (κ2) is 6.27. The van der Waals surface area contributed by atoms with Crippen LogP contribution in [0.3, 0.4) is 0 Å². The van der Waals surface area contributed by atoms with Crippen LogP contribution in [-0.4, -0.2) is 26.5 Å². The SMILES string of the molecule is CCCNC(c1ccc(C)c(C)c1)C1CCS(=O)(=O)C1. The van der Waals surface area contributed by atoms with E-state index in [0.717, 1.165) is 19.4 Å². The molecule has 20 heavy (non-hydrogen) atoms. The molecule has 1 saturated heterocycles. The van der Waals surface area contributed by atoms with Crippen molar-refractivity contribution < 1.29 is 8.42 Å². The highest BCUT2D eigenvalue weighted by Gasteiger charge is 2.34. The van der Waals surface area contributed by atoms with Crippen molar-refractivity contribution >= 4 is 9.84 Å². The van der Waals surface area contributed by atoms with Crippen molar-refractivity contribution in [2.24, 2.45) is 5.92 Å². The number of aryl methyl sites for hydroxylation is 2. The summed E-state index contributed by atoms with van der Waals surface area (Å²) in [6.45, 7) is 7.28. The van der Waals surface area contributed by atoms with E-state index >= 15 is 0 Å². The molecular weight excluding hydrogens is 270 g/mol. The summed E-state index contributed by atoms with van der Waals surface area (Å²) in [6, 6.07) is 6.63. The lowest BCUT2D eigenvalue weighted by atomic mass is 9.90. The quantitative estimate of drug-likeness (QED) is 0.908. The van der Waals surface area contributed by atoms with E-state index in [2.05, 4.69) is 44.3 Å². The first kappa shape index (κ1) is 15.5. The van der Waals surface area contributed by atoms with Gasteiger partial charge in [-0.3, -0.25) is 0 Å². The van der Waals surface area contributed by atoms with Crippen molar-refractivity contribution in [1.82, 2.24) is 5.32 Å². The van der Waals surface area contributed by atoms with Gasteiger partial charge in [0.15, 0.2) is 9.84 Å². The third-order valence-corrected chi connectivity index (χ3v) is 6.04. The Morgan fingerprint density at radius 1 is 1.30 bits per heavy atom. The highest BCUT2D eigenvalue weighted by molar-refractivity contribution is 7.91. The third kappa shape index (κ3) is 3.61. The molecule has 2 unspecified atom stereocenters. The normalized spacial score (nSPS) is 22.9. The largest absolute Gasteiger partial charge is 0.310 e. The van der Waals surface area contributed by atoms with E-state index in [1.807, 2.05) is 0 Å². The monoisotopic (exact) mass is 295 g/mol. The van der Waals surface area contributed by atoms with Gasteiger partial charge in [0.25, 0.3) is 0 Å². The van der Waals surface area contributed by atoms with Gasteiger partial charge in [-0.25, -0.2) is 8.42 Å². The second-order valence-electron chi connectivity index (χ2n) is 5.94. The van der Waals surface area contributed by atoms with Gasteiger partial charge in [0.2, 0.25) is 0 Å². The molecule has 1 aromatic rings. The first-order chi connectivity index (χ1) is 9.43. The zero-order chi connectivity index (χ0) is 14.8. The van der Waals surface area contributed by atoms with Crippen LogP contribution in [0.2, 0.25) is 0 Å². The van der Waals surface area contributed by atoms with E-state index in [1.54, 1.807) is 0 Å². The van der Waals surface area contributed by atoms with Crippen LogP contribution in [0.1, 0.15) is 42.5 Å². The number of sulfone groups is 1. The van der Waals surface area contributed by atoms with Crippen LogP contribution < -0.4 is 5.32 Å².